The van der Waals surface area contributed by atoms with Gasteiger partial charge in [0.1, 0.15) is 0 Å². The minimum Gasteiger partial charge on any atom is -0.389 e. The van der Waals surface area contributed by atoms with Crippen LogP contribution in [0.25, 0.3) is 0 Å². The van der Waals surface area contributed by atoms with Gasteiger partial charge in [0, 0.05) is 32.0 Å². The highest BCUT2D eigenvalue weighted by atomic mass is 16.3. The van der Waals surface area contributed by atoms with Crippen molar-refractivity contribution in [1.29, 1.82) is 0 Å². The molecule has 0 bridgehead atoms. The molecule has 4 heteroatoms. The summed E-state index contributed by atoms with van der Waals surface area (Å²) in [5.41, 5.74) is 0.653. The first-order valence-electron chi connectivity index (χ1n) is 7.92. The topological polar surface area (TPSA) is 52.6 Å². The fourth-order valence-corrected chi connectivity index (χ4v) is 3.51. The van der Waals surface area contributed by atoms with Crippen LogP contribution in [0.3, 0.4) is 0 Å². The van der Waals surface area contributed by atoms with Gasteiger partial charge < -0.3 is 15.3 Å². The van der Waals surface area contributed by atoms with Crippen molar-refractivity contribution in [3.63, 3.8) is 0 Å². The van der Waals surface area contributed by atoms with Crippen LogP contribution in [0.4, 0.5) is 0 Å². The van der Waals surface area contributed by atoms with Crippen molar-refractivity contribution in [1.82, 2.24) is 10.2 Å². The van der Waals surface area contributed by atoms with E-state index in [-0.39, 0.29) is 11.8 Å². The summed E-state index contributed by atoms with van der Waals surface area (Å²) in [6.07, 6.45) is 2.88. The van der Waals surface area contributed by atoms with Crippen molar-refractivity contribution in [2.75, 3.05) is 26.2 Å². The number of aryl methyl sites for hydroxylation is 1. The molecule has 1 aromatic rings. The number of aliphatic hydroxyl groups is 1. The largest absolute Gasteiger partial charge is 0.389 e. The van der Waals surface area contributed by atoms with Crippen LogP contribution in [0.15, 0.2) is 30.3 Å². The van der Waals surface area contributed by atoms with E-state index in [4.69, 9.17) is 0 Å². The van der Waals surface area contributed by atoms with Gasteiger partial charge in [-0.3, -0.25) is 4.79 Å². The molecule has 0 radical (unpaired) electrons. The molecule has 3 rings (SSSR count). The number of likely N-dealkylation sites (tertiary alicyclic amines) is 1. The van der Waals surface area contributed by atoms with Crippen LogP contribution in [-0.4, -0.2) is 47.7 Å². The molecule has 2 fully saturated rings. The number of nitrogens with zero attached hydrogens (tertiary/aromatic N) is 1. The molecule has 0 aromatic heterocycles. The molecular weight excluding hydrogens is 264 g/mol. The highest BCUT2D eigenvalue weighted by Crippen LogP contribution is 2.33. The number of nitrogens with one attached hydrogen (secondary N) is 1. The number of rotatable bonds is 3. The number of fused-ring (bicyclic) bond motifs is 1. The second-order valence-electron chi connectivity index (χ2n) is 6.33. The quantitative estimate of drug-likeness (QED) is 0.878. The summed E-state index contributed by atoms with van der Waals surface area (Å²) < 4.78 is 0. The number of carbonyl (C=O) groups excluding carboxylic acids is 1. The zero-order chi connectivity index (χ0) is 14.7. The molecule has 114 valence electrons. The number of carbonyl (C=O) groups is 1. The number of amides is 1. The highest BCUT2D eigenvalue weighted by molar-refractivity contribution is 5.76. The van der Waals surface area contributed by atoms with Crippen molar-refractivity contribution in [2.45, 2.75) is 31.3 Å². The Labute approximate surface area is 126 Å². The van der Waals surface area contributed by atoms with E-state index in [0.29, 0.717) is 19.5 Å². The van der Waals surface area contributed by atoms with Gasteiger partial charge in [0.2, 0.25) is 5.91 Å². The van der Waals surface area contributed by atoms with Gasteiger partial charge in [-0.25, -0.2) is 0 Å². The first kappa shape index (κ1) is 14.5. The fraction of sp³-hybridized carbons (Fsp3) is 0.588. The van der Waals surface area contributed by atoms with E-state index < -0.39 is 5.60 Å². The molecule has 1 amide bonds. The summed E-state index contributed by atoms with van der Waals surface area (Å²) in [5, 5.41) is 13.9. The van der Waals surface area contributed by atoms with Gasteiger partial charge in [-0.2, -0.15) is 0 Å². The Hall–Kier alpha value is -1.39. The van der Waals surface area contributed by atoms with Crippen LogP contribution in [0.1, 0.15) is 24.8 Å². The normalized spacial score (nSPS) is 29.0. The second-order valence-corrected chi connectivity index (χ2v) is 6.33. The molecule has 2 aliphatic rings. The smallest absolute Gasteiger partial charge is 0.222 e. The Morgan fingerprint density at radius 2 is 2.14 bits per heavy atom. The maximum Gasteiger partial charge on any atom is 0.222 e. The minimum absolute atomic E-state index is 0.181. The van der Waals surface area contributed by atoms with E-state index in [0.717, 1.165) is 32.4 Å². The van der Waals surface area contributed by atoms with Crippen LogP contribution in [-0.2, 0) is 11.2 Å². The van der Waals surface area contributed by atoms with Crippen LogP contribution in [0, 0.1) is 5.92 Å². The summed E-state index contributed by atoms with van der Waals surface area (Å²) >= 11 is 0. The third-order valence-corrected chi connectivity index (χ3v) is 4.96. The molecule has 2 saturated heterocycles. The lowest BCUT2D eigenvalue weighted by Gasteiger charge is -2.47. The zero-order valence-electron chi connectivity index (χ0n) is 12.4. The number of hydrogen-bond donors (Lipinski definition) is 2. The van der Waals surface area contributed by atoms with E-state index in [1.807, 2.05) is 23.1 Å². The standard InChI is InChI=1S/C17H24N2O2/c20-16(7-6-14-4-2-1-3-5-14)19-11-9-17(21)8-10-18-12-15(17)13-19/h1-5,15,18,21H,6-13H2/t15-,17-/m1/s1. The van der Waals surface area contributed by atoms with Crippen molar-refractivity contribution in [2.24, 2.45) is 5.92 Å². The zero-order valence-corrected chi connectivity index (χ0v) is 12.4. The second kappa shape index (κ2) is 6.16. The molecule has 21 heavy (non-hydrogen) atoms. The Kier molecular flexibility index (Phi) is 4.27. The SMILES string of the molecule is O=C(CCc1ccccc1)N1CC[C@]2(O)CCNC[C@@H]2C1. The molecule has 2 aliphatic heterocycles. The highest BCUT2D eigenvalue weighted by Gasteiger charge is 2.43. The molecule has 0 saturated carbocycles. The monoisotopic (exact) mass is 288 g/mol. The Balaban J connectivity index is 1.54. The molecule has 2 N–H and O–H groups in total. The molecule has 1 aromatic carbocycles. The van der Waals surface area contributed by atoms with Crippen LogP contribution >= 0.6 is 0 Å². The van der Waals surface area contributed by atoms with E-state index in [2.05, 4.69) is 17.4 Å². The van der Waals surface area contributed by atoms with Gasteiger partial charge in [-0.1, -0.05) is 30.3 Å². The third kappa shape index (κ3) is 3.27. The van der Waals surface area contributed by atoms with Gasteiger partial charge >= 0.3 is 0 Å². The molecule has 2 heterocycles. The van der Waals surface area contributed by atoms with Gasteiger partial charge in [0.25, 0.3) is 0 Å². The maximum absolute atomic E-state index is 12.4. The third-order valence-electron chi connectivity index (χ3n) is 4.96. The maximum atomic E-state index is 12.4. The van der Waals surface area contributed by atoms with Gasteiger partial charge in [0.15, 0.2) is 0 Å². The van der Waals surface area contributed by atoms with Crippen molar-refractivity contribution in [3.05, 3.63) is 35.9 Å². The Bertz CT molecular complexity index is 491. The molecule has 4 nitrogen and oxygen atoms in total. The summed E-state index contributed by atoms with van der Waals surface area (Å²) in [5.74, 6) is 0.396. The predicted octanol–water partition coefficient (Wildman–Crippen LogP) is 1.19. The van der Waals surface area contributed by atoms with Crippen molar-refractivity contribution >= 4 is 5.91 Å². The number of piperidine rings is 2. The van der Waals surface area contributed by atoms with Gasteiger partial charge in [-0.15, -0.1) is 0 Å². The van der Waals surface area contributed by atoms with E-state index in [1.165, 1.54) is 5.56 Å². The summed E-state index contributed by atoms with van der Waals surface area (Å²) in [7, 11) is 0. The number of benzene rings is 1. The minimum atomic E-state index is -0.554. The first-order chi connectivity index (χ1) is 10.2. The number of hydrogen-bond acceptors (Lipinski definition) is 3. The Morgan fingerprint density at radius 1 is 1.33 bits per heavy atom. The van der Waals surface area contributed by atoms with Crippen molar-refractivity contribution in [3.8, 4) is 0 Å². The average molecular weight is 288 g/mol. The summed E-state index contributed by atoms with van der Waals surface area (Å²) in [6.45, 7) is 3.09. The lowest BCUT2D eigenvalue weighted by atomic mass is 9.76. The van der Waals surface area contributed by atoms with Crippen molar-refractivity contribution < 1.29 is 9.90 Å². The van der Waals surface area contributed by atoms with E-state index in [1.54, 1.807) is 0 Å². The van der Waals surface area contributed by atoms with Gasteiger partial charge in [-0.05, 0) is 31.4 Å². The summed E-state index contributed by atoms with van der Waals surface area (Å²) in [4.78, 5) is 14.3. The molecule has 2 atom stereocenters. The average Bonchev–Trinajstić information content (AvgIpc) is 2.52. The van der Waals surface area contributed by atoms with Crippen LogP contribution in [0.2, 0.25) is 0 Å². The Morgan fingerprint density at radius 3 is 2.95 bits per heavy atom. The van der Waals surface area contributed by atoms with E-state index >= 15 is 0 Å². The van der Waals surface area contributed by atoms with Crippen LogP contribution < -0.4 is 5.32 Å². The first-order valence-corrected chi connectivity index (χ1v) is 7.92. The fourth-order valence-electron chi connectivity index (χ4n) is 3.51. The molecule has 0 unspecified atom stereocenters. The van der Waals surface area contributed by atoms with Crippen LogP contribution in [0.5, 0.6) is 0 Å². The lowest BCUT2D eigenvalue weighted by molar-refractivity contribution is -0.142. The summed E-state index contributed by atoms with van der Waals surface area (Å²) in [6, 6.07) is 10.1. The molecular formula is C17H24N2O2. The molecule has 0 spiro atoms. The molecule has 0 aliphatic carbocycles. The van der Waals surface area contributed by atoms with Gasteiger partial charge in [0.05, 0.1) is 5.60 Å². The van der Waals surface area contributed by atoms with E-state index in [9.17, 15) is 9.90 Å². The lowest BCUT2D eigenvalue weighted by Crippen LogP contribution is -2.59. The predicted molar refractivity (Wildman–Crippen MR) is 81.9 cm³/mol.